The Kier molecular flexibility index (Phi) is 5.69. The van der Waals surface area contributed by atoms with Gasteiger partial charge in [-0.25, -0.2) is 0 Å². The topological polar surface area (TPSA) is 55.1 Å². The van der Waals surface area contributed by atoms with E-state index >= 15 is 0 Å². The van der Waals surface area contributed by atoms with Crippen LogP contribution >= 0.6 is 11.8 Å². The number of amides is 1. The first kappa shape index (κ1) is 15.1. The Morgan fingerprint density at radius 3 is 2.44 bits per heavy atom. The quantitative estimate of drug-likeness (QED) is 0.795. The van der Waals surface area contributed by atoms with Gasteiger partial charge in [-0.3, -0.25) is 4.79 Å². The van der Waals surface area contributed by atoms with Gasteiger partial charge in [0.25, 0.3) is 0 Å². The molecule has 0 bridgehead atoms. The highest BCUT2D eigenvalue weighted by atomic mass is 32.2. The maximum Gasteiger partial charge on any atom is 0.242 e. The van der Waals surface area contributed by atoms with E-state index in [9.17, 15) is 4.79 Å². The van der Waals surface area contributed by atoms with Crippen molar-refractivity contribution in [1.82, 2.24) is 5.32 Å². The van der Waals surface area contributed by atoms with E-state index in [0.717, 1.165) is 11.3 Å². The van der Waals surface area contributed by atoms with Crippen molar-refractivity contribution >= 4 is 17.7 Å². The summed E-state index contributed by atoms with van der Waals surface area (Å²) in [5.41, 5.74) is 5.79. The number of nitrogens with one attached hydrogen (secondary N) is 1. The van der Waals surface area contributed by atoms with Crippen LogP contribution in [0.15, 0.2) is 30.3 Å². The summed E-state index contributed by atoms with van der Waals surface area (Å²) in [7, 11) is 1.79. The molecule has 0 aliphatic heterocycles. The molecule has 0 fully saturated rings. The third-order valence-corrected chi connectivity index (χ3v) is 4.15. The summed E-state index contributed by atoms with van der Waals surface area (Å²) >= 11 is 1.84. The van der Waals surface area contributed by atoms with Crippen LogP contribution in [-0.4, -0.2) is 24.0 Å². The predicted molar refractivity (Wildman–Crippen MR) is 78.6 cm³/mol. The minimum atomic E-state index is -0.761. The standard InChI is InChI=1S/C14H22N2OS/c1-11(2)18-10-9-14(16-3,13(15)17)12-7-5-4-6-8-12/h4-8,11,16H,9-10H2,1-3H3,(H2,15,17). The molecule has 1 unspecified atom stereocenters. The van der Waals surface area contributed by atoms with Crippen molar-refractivity contribution in [2.45, 2.75) is 31.1 Å². The zero-order valence-electron chi connectivity index (χ0n) is 11.3. The number of likely N-dealkylation sites (N-methyl/N-ethyl adjacent to an activating group) is 1. The minimum Gasteiger partial charge on any atom is -0.368 e. The molecule has 3 nitrogen and oxygen atoms in total. The summed E-state index contributed by atoms with van der Waals surface area (Å²) in [6.07, 6.45) is 0.700. The summed E-state index contributed by atoms with van der Waals surface area (Å²) in [6, 6.07) is 9.69. The molecule has 0 aromatic heterocycles. The van der Waals surface area contributed by atoms with E-state index in [1.165, 1.54) is 0 Å². The molecule has 1 aromatic rings. The van der Waals surface area contributed by atoms with Crippen molar-refractivity contribution < 1.29 is 4.79 Å². The van der Waals surface area contributed by atoms with Crippen LogP contribution in [0.25, 0.3) is 0 Å². The molecule has 1 aromatic carbocycles. The number of hydrogen-bond donors (Lipinski definition) is 2. The highest BCUT2D eigenvalue weighted by Gasteiger charge is 2.36. The molecule has 100 valence electrons. The average Bonchev–Trinajstić information content (AvgIpc) is 2.35. The van der Waals surface area contributed by atoms with Gasteiger partial charge >= 0.3 is 0 Å². The van der Waals surface area contributed by atoms with Gasteiger partial charge in [0.2, 0.25) is 5.91 Å². The van der Waals surface area contributed by atoms with E-state index in [4.69, 9.17) is 5.73 Å². The molecular formula is C14H22N2OS. The lowest BCUT2D eigenvalue weighted by Gasteiger charge is -2.31. The van der Waals surface area contributed by atoms with Crippen molar-refractivity contribution in [2.24, 2.45) is 5.73 Å². The van der Waals surface area contributed by atoms with Crippen LogP contribution in [0.1, 0.15) is 25.8 Å². The monoisotopic (exact) mass is 266 g/mol. The van der Waals surface area contributed by atoms with Crippen LogP contribution in [0.5, 0.6) is 0 Å². The number of carbonyl (C=O) groups is 1. The molecular weight excluding hydrogens is 244 g/mol. The Labute approximate surface area is 114 Å². The molecule has 0 saturated carbocycles. The molecule has 1 amide bonds. The van der Waals surface area contributed by atoms with Gasteiger partial charge in [0.15, 0.2) is 0 Å². The Hall–Kier alpha value is -1.00. The lowest BCUT2D eigenvalue weighted by atomic mass is 9.86. The van der Waals surface area contributed by atoms with E-state index in [1.807, 2.05) is 42.1 Å². The van der Waals surface area contributed by atoms with E-state index in [1.54, 1.807) is 7.05 Å². The fourth-order valence-corrected chi connectivity index (χ4v) is 2.87. The molecule has 0 aliphatic rings. The molecule has 3 N–H and O–H groups in total. The first-order valence-electron chi connectivity index (χ1n) is 6.19. The summed E-state index contributed by atoms with van der Waals surface area (Å²) in [4.78, 5) is 11.9. The summed E-state index contributed by atoms with van der Waals surface area (Å²) in [6.45, 7) is 4.30. The van der Waals surface area contributed by atoms with Gasteiger partial charge in [0.05, 0.1) is 0 Å². The minimum absolute atomic E-state index is 0.319. The van der Waals surface area contributed by atoms with Crippen LogP contribution in [0.3, 0.4) is 0 Å². The van der Waals surface area contributed by atoms with Crippen molar-refractivity contribution in [3.8, 4) is 0 Å². The number of nitrogens with two attached hydrogens (primary N) is 1. The first-order chi connectivity index (χ1) is 8.53. The number of thioether (sulfide) groups is 1. The second-order valence-electron chi connectivity index (χ2n) is 4.56. The molecule has 1 atom stereocenters. The second-order valence-corrected chi connectivity index (χ2v) is 6.24. The Morgan fingerprint density at radius 1 is 1.39 bits per heavy atom. The fourth-order valence-electron chi connectivity index (χ4n) is 1.97. The fraction of sp³-hybridized carbons (Fsp3) is 0.500. The van der Waals surface area contributed by atoms with Crippen LogP contribution in [-0.2, 0) is 10.3 Å². The molecule has 0 aliphatic carbocycles. The second kappa shape index (κ2) is 6.81. The first-order valence-corrected chi connectivity index (χ1v) is 7.23. The van der Waals surface area contributed by atoms with Crippen molar-refractivity contribution in [2.75, 3.05) is 12.8 Å². The molecule has 0 saturated heterocycles. The van der Waals surface area contributed by atoms with Gasteiger partial charge in [0.1, 0.15) is 5.54 Å². The van der Waals surface area contributed by atoms with Gasteiger partial charge in [-0.2, -0.15) is 11.8 Å². The average molecular weight is 266 g/mol. The third kappa shape index (κ3) is 3.50. The summed E-state index contributed by atoms with van der Waals surface area (Å²) < 4.78 is 0. The van der Waals surface area contributed by atoms with Crippen LogP contribution < -0.4 is 11.1 Å². The SMILES string of the molecule is CNC(CCSC(C)C)(C(N)=O)c1ccccc1. The lowest BCUT2D eigenvalue weighted by Crippen LogP contribution is -2.51. The smallest absolute Gasteiger partial charge is 0.242 e. The molecule has 0 heterocycles. The number of benzene rings is 1. The van der Waals surface area contributed by atoms with Crippen LogP contribution in [0, 0.1) is 0 Å². The predicted octanol–water partition coefficient (Wildman–Crippen LogP) is 2.12. The van der Waals surface area contributed by atoms with Crippen LogP contribution in [0.4, 0.5) is 0 Å². The summed E-state index contributed by atoms with van der Waals surface area (Å²) in [5, 5.41) is 3.68. The number of carbonyl (C=O) groups excluding carboxylic acids is 1. The number of rotatable bonds is 7. The van der Waals surface area contributed by atoms with Crippen molar-refractivity contribution in [1.29, 1.82) is 0 Å². The van der Waals surface area contributed by atoms with Crippen molar-refractivity contribution in [3.63, 3.8) is 0 Å². The van der Waals surface area contributed by atoms with Gasteiger partial charge in [-0.05, 0) is 30.0 Å². The lowest BCUT2D eigenvalue weighted by molar-refractivity contribution is -0.124. The van der Waals surface area contributed by atoms with Gasteiger partial charge in [-0.1, -0.05) is 44.2 Å². The zero-order chi connectivity index (χ0) is 13.6. The van der Waals surface area contributed by atoms with Gasteiger partial charge in [0, 0.05) is 0 Å². The zero-order valence-corrected chi connectivity index (χ0v) is 12.1. The van der Waals surface area contributed by atoms with E-state index in [0.29, 0.717) is 11.7 Å². The molecule has 4 heteroatoms. The highest BCUT2D eigenvalue weighted by Crippen LogP contribution is 2.27. The third-order valence-electron chi connectivity index (χ3n) is 3.04. The maximum absolute atomic E-state index is 11.9. The Morgan fingerprint density at radius 2 is 2.00 bits per heavy atom. The Bertz CT molecular complexity index is 381. The van der Waals surface area contributed by atoms with Gasteiger partial charge in [-0.15, -0.1) is 0 Å². The van der Waals surface area contributed by atoms with Gasteiger partial charge < -0.3 is 11.1 Å². The molecule has 18 heavy (non-hydrogen) atoms. The molecule has 0 spiro atoms. The summed E-state index contributed by atoms with van der Waals surface area (Å²) in [5.74, 6) is 0.580. The maximum atomic E-state index is 11.9. The van der Waals surface area contributed by atoms with E-state index in [2.05, 4.69) is 19.2 Å². The van der Waals surface area contributed by atoms with E-state index in [-0.39, 0.29) is 5.91 Å². The highest BCUT2D eigenvalue weighted by molar-refractivity contribution is 7.99. The number of hydrogen-bond acceptors (Lipinski definition) is 3. The van der Waals surface area contributed by atoms with Crippen LogP contribution in [0.2, 0.25) is 0 Å². The number of primary amides is 1. The van der Waals surface area contributed by atoms with E-state index < -0.39 is 5.54 Å². The Balaban J connectivity index is 2.92. The molecule has 0 radical (unpaired) electrons. The van der Waals surface area contributed by atoms with Crippen molar-refractivity contribution in [3.05, 3.63) is 35.9 Å². The largest absolute Gasteiger partial charge is 0.368 e. The normalized spacial score (nSPS) is 14.4. The molecule has 1 rings (SSSR count).